The summed E-state index contributed by atoms with van der Waals surface area (Å²) < 4.78 is 20.6. The molecular weight excluding hydrogens is 485 g/mol. The average molecular weight is 520 g/mol. The molecule has 200 valence electrons. The fraction of sp³-hybridized carbons (Fsp3) is 0.536. The highest BCUT2D eigenvalue weighted by molar-refractivity contribution is 5.79. The third-order valence-corrected chi connectivity index (χ3v) is 8.31. The van der Waals surface area contributed by atoms with Crippen LogP contribution < -0.4 is 9.64 Å². The van der Waals surface area contributed by atoms with Crippen molar-refractivity contribution in [3.63, 3.8) is 0 Å². The van der Waals surface area contributed by atoms with Gasteiger partial charge in [-0.25, -0.2) is 14.4 Å². The van der Waals surface area contributed by atoms with Crippen molar-refractivity contribution >= 4 is 11.9 Å². The highest BCUT2D eigenvalue weighted by Gasteiger charge is 2.43. The zero-order chi connectivity index (χ0) is 26.1. The highest BCUT2D eigenvalue weighted by atomic mass is 19.1. The number of ether oxygens (including phenoxy) is 1. The summed E-state index contributed by atoms with van der Waals surface area (Å²) in [4.78, 5) is 25.7. The Morgan fingerprint density at radius 3 is 2.71 bits per heavy atom. The number of aromatic amines is 1. The number of piperidine rings is 1. The predicted molar refractivity (Wildman–Crippen MR) is 139 cm³/mol. The molecule has 9 nitrogen and oxygen atoms in total. The van der Waals surface area contributed by atoms with E-state index in [0.717, 1.165) is 54.2 Å². The van der Waals surface area contributed by atoms with Crippen LogP contribution in [0.25, 0.3) is 0 Å². The van der Waals surface area contributed by atoms with Gasteiger partial charge in [0, 0.05) is 44.5 Å². The van der Waals surface area contributed by atoms with Crippen LogP contribution in [0.4, 0.5) is 10.3 Å². The van der Waals surface area contributed by atoms with Crippen LogP contribution in [0.2, 0.25) is 0 Å². The van der Waals surface area contributed by atoms with Crippen molar-refractivity contribution in [2.45, 2.75) is 52.0 Å². The van der Waals surface area contributed by atoms with Crippen molar-refractivity contribution in [2.24, 2.45) is 17.8 Å². The zero-order valence-corrected chi connectivity index (χ0v) is 21.8. The number of hydrogen-bond acceptors (Lipinski definition) is 7. The number of H-pyrrole nitrogens is 1. The molecule has 3 aromatic rings. The molecule has 0 bridgehead atoms. The lowest BCUT2D eigenvalue weighted by Crippen LogP contribution is -2.37. The lowest BCUT2D eigenvalue weighted by molar-refractivity contribution is -0.131. The topological polar surface area (TPSA) is 100 Å². The molecule has 38 heavy (non-hydrogen) atoms. The molecule has 0 radical (unpaired) electrons. The number of fused-ring (bicyclic) bond motifs is 1. The first-order valence-corrected chi connectivity index (χ1v) is 13.6. The molecule has 1 amide bonds. The van der Waals surface area contributed by atoms with Crippen molar-refractivity contribution in [1.29, 1.82) is 0 Å². The van der Waals surface area contributed by atoms with Crippen molar-refractivity contribution in [3.05, 3.63) is 58.9 Å². The van der Waals surface area contributed by atoms with E-state index in [1.54, 1.807) is 17.0 Å². The summed E-state index contributed by atoms with van der Waals surface area (Å²) in [5.74, 6) is 3.08. The van der Waals surface area contributed by atoms with Crippen LogP contribution in [0.15, 0.2) is 30.6 Å². The molecule has 2 aromatic heterocycles. The van der Waals surface area contributed by atoms with Gasteiger partial charge in [-0.15, -0.1) is 0 Å². The normalized spacial score (nSPS) is 21.3. The average Bonchev–Trinajstić information content (AvgIpc) is 3.55. The molecule has 3 aliphatic rings. The first-order chi connectivity index (χ1) is 18.5. The molecule has 2 fully saturated rings. The van der Waals surface area contributed by atoms with Crippen LogP contribution in [0.1, 0.15) is 48.2 Å². The molecule has 1 N–H and O–H groups in total. The maximum absolute atomic E-state index is 14.8. The fourth-order valence-electron chi connectivity index (χ4n) is 5.94. The minimum atomic E-state index is -0.399. The van der Waals surface area contributed by atoms with Crippen molar-refractivity contribution < 1.29 is 13.9 Å². The first kappa shape index (κ1) is 24.8. The summed E-state index contributed by atoms with van der Waals surface area (Å²) in [6.07, 6.45) is 9.07. The summed E-state index contributed by atoms with van der Waals surface area (Å²) in [6, 6.07) is 4.84. The van der Waals surface area contributed by atoms with Gasteiger partial charge < -0.3 is 14.5 Å². The number of aryl methyl sites for hydroxylation is 1. The van der Waals surface area contributed by atoms with E-state index in [1.807, 2.05) is 19.3 Å². The number of hydrogen-bond donors (Lipinski definition) is 1. The van der Waals surface area contributed by atoms with E-state index in [1.165, 1.54) is 25.3 Å². The van der Waals surface area contributed by atoms with Crippen molar-refractivity contribution in [2.75, 3.05) is 31.1 Å². The monoisotopic (exact) mass is 519 g/mol. The Morgan fingerprint density at radius 1 is 1.13 bits per heavy atom. The van der Waals surface area contributed by atoms with Crippen LogP contribution in [-0.4, -0.2) is 62.4 Å². The van der Waals surface area contributed by atoms with E-state index < -0.39 is 5.82 Å². The van der Waals surface area contributed by atoms with E-state index in [4.69, 9.17) is 4.74 Å². The molecule has 1 aliphatic carbocycles. The highest BCUT2D eigenvalue weighted by Crippen LogP contribution is 2.49. The van der Waals surface area contributed by atoms with E-state index >= 15 is 0 Å². The van der Waals surface area contributed by atoms with Gasteiger partial charge in [-0.1, -0.05) is 6.07 Å². The van der Waals surface area contributed by atoms with Crippen LogP contribution >= 0.6 is 0 Å². The summed E-state index contributed by atoms with van der Waals surface area (Å²) in [6.45, 7) is 5.61. The number of rotatable bonds is 8. The van der Waals surface area contributed by atoms with Crippen LogP contribution in [0.3, 0.4) is 0 Å². The van der Waals surface area contributed by atoms with Gasteiger partial charge in [0.05, 0.1) is 25.3 Å². The maximum atomic E-state index is 14.8. The molecule has 2 atom stereocenters. The summed E-state index contributed by atoms with van der Waals surface area (Å²) in [7, 11) is 0. The van der Waals surface area contributed by atoms with E-state index in [2.05, 4.69) is 30.3 Å². The third kappa shape index (κ3) is 5.49. The van der Waals surface area contributed by atoms with Gasteiger partial charge in [0.2, 0.25) is 11.9 Å². The van der Waals surface area contributed by atoms with Crippen LogP contribution in [0.5, 0.6) is 5.75 Å². The molecule has 0 spiro atoms. The second kappa shape index (κ2) is 10.7. The SMILES string of the molecule is Cc1cnc(N2CCC([C@H]3C[C@H]3CCOc3ccc(CC(=O)N4CCc5n[nH]nc5C4)c(F)c3)CC2)nc1. The third-order valence-electron chi connectivity index (χ3n) is 8.31. The molecule has 6 rings (SSSR count). The van der Waals surface area contributed by atoms with E-state index in [-0.39, 0.29) is 12.3 Å². The predicted octanol–water partition coefficient (Wildman–Crippen LogP) is 3.49. The number of carbonyl (C=O) groups is 1. The molecule has 10 heteroatoms. The Labute approximate surface area is 221 Å². The minimum absolute atomic E-state index is 0.0257. The Morgan fingerprint density at radius 2 is 1.92 bits per heavy atom. The second-order valence-corrected chi connectivity index (χ2v) is 10.9. The summed E-state index contributed by atoms with van der Waals surface area (Å²) >= 11 is 0. The number of nitrogens with zero attached hydrogens (tertiary/aromatic N) is 6. The number of carbonyl (C=O) groups excluding carboxylic acids is 1. The lowest BCUT2D eigenvalue weighted by Gasteiger charge is -2.32. The molecule has 2 aliphatic heterocycles. The Hall–Kier alpha value is -3.56. The van der Waals surface area contributed by atoms with Gasteiger partial charge in [0.25, 0.3) is 0 Å². The van der Waals surface area contributed by atoms with E-state index in [9.17, 15) is 9.18 Å². The van der Waals surface area contributed by atoms with Gasteiger partial charge in [-0.05, 0) is 67.6 Å². The number of amides is 1. The number of aromatic nitrogens is 5. The molecule has 0 unspecified atom stereocenters. The largest absolute Gasteiger partial charge is 0.493 e. The Balaban J connectivity index is 0.921. The van der Waals surface area contributed by atoms with Crippen molar-refractivity contribution in [3.8, 4) is 5.75 Å². The van der Waals surface area contributed by atoms with Gasteiger partial charge >= 0.3 is 0 Å². The molecule has 1 saturated carbocycles. The quantitative estimate of drug-likeness (QED) is 0.486. The summed E-state index contributed by atoms with van der Waals surface area (Å²) in [5.41, 5.74) is 3.16. The smallest absolute Gasteiger partial charge is 0.227 e. The van der Waals surface area contributed by atoms with Crippen LogP contribution in [-0.2, 0) is 24.2 Å². The second-order valence-electron chi connectivity index (χ2n) is 10.9. The van der Waals surface area contributed by atoms with Gasteiger partial charge in [-0.2, -0.15) is 15.4 Å². The van der Waals surface area contributed by atoms with Crippen molar-refractivity contribution in [1.82, 2.24) is 30.3 Å². The molecular formula is C28H34FN7O2. The van der Waals surface area contributed by atoms with Gasteiger partial charge in [0.1, 0.15) is 17.3 Å². The van der Waals surface area contributed by atoms with Gasteiger partial charge in [0.15, 0.2) is 0 Å². The molecule has 1 saturated heterocycles. The number of anilines is 1. The summed E-state index contributed by atoms with van der Waals surface area (Å²) in [5, 5.41) is 10.8. The minimum Gasteiger partial charge on any atom is -0.493 e. The Bertz CT molecular complexity index is 1270. The number of halogens is 1. The fourth-order valence-corrected chi connectivity index (χ4v) is 5.94. The molecule has 4 heterocycles. The first-order valence-electron chi connectivity index (χ1n) is 13.6. The number of nitrogens with one attached hydrogen (secondary N) is 1. The van der Waals surface area contributed by atoms with Crippen LogP contribution in [0, 0.1) is 30.5 Å². The van der Waals surface area contributed by atoms with Gasteiger partial charge in [-0.3, -0.25) is 4.79 Å². The maximum Gasteiger partial charge on any atom is 0.227 e. The standard InChI is InChI=1S/C28H34FN7O2/c1-18-15-30-28(31-16-18)35-8-4-19(5-9-35)23-12-20(23)7-11-38-22-3-2-21(24(29)14-22)13-27(37)36-10-6-25-26(17-36)33-34-32-25/h2-3,14-16,19-20,23H,4-13,17H2,1H3,(H,32,33,34)/t20-,23-/m1/s1. The molecule has 1 aromatic carbocycles. The Kier molecular flexibility index (Phi) is 6.95. The van der Waals surface area contributed by atoms with E-state index in [0.29, 0.717) is 43.3 Å². The zero-order valence-electron chi connectivity index (χ0n) is 21.8. The lowest BCUT2D eigenvalue weighted by atomic mass is 9.90. The number of benzene rings is 1.